The van der Waals surface area contributed by atoms with Crippen molar-refractivity contribution in [1.82, 2.24) is 14.9 Å². The summed E-state index contributed by atoms with van der Waals surface area (Å²) in [5, 5.41) is 0. The fourth-order valence-corrected chi connectivity index (χ4v) is 2.68. The number of nitrogens with zero attached hydrogens (tertiary/aromatic N) is 1. The fourth-order valence-electron chi connectivity index (χ4n) is 2.68. The molecule has 7 nitrogen and oxygen atoms in total. The highest BCUT2D eigenvalue weighted by Crippen LogP contribution is 2.18. The summed E-state index contributed by atoms with van der Waals surface area (Å²) < 4.78 is 5.40. The molecule has 1 unspecified atom stereocenters. The maximum Gasteiger partial charge on any atom is 0.325 e. The zero-order valence-corrected chi connectivity index (χ0v) is 12.4. The Morgan fingerprint density at radius 1 is 1.38 bits per heavy atom. The maximum atomic E-state index is 12.4. The van der Waals surface area contributed by atoms with Crippen LogP contribution >= 0.6 is 0 Å². The molecule has 0 bridgehead atoms. The van der Waals surface area contributed by atoms with E-state index in [1.54, 1.807) is 11.8 Å². The molecule has 1 atom stereocenters. The molecule has 1 saturated heterocycles. The Kier molecular flexibility index (Phi) is 4.95. The van der Waals surface area contributed by atoms with Crippen molar-refractivity contribution in [2.75, 3.05) is 19.8 Å². The highest BCUT2D eigenvalue weighted by molar-refractivity contribution is 5.79. The smallest absolute Gasteiger partial charge is 0.325 e. The first-order valence-corrected chi connectivity index (χ1v) is 7.22. The fraction of sp³-hybridized carbons (Fsp3) is 0.643. The van der Waals surface area contributed by atoms with Crippen LogP contribution in [0.15, 0.2) is 9.59 Å². The molecule has 116 valence electrons. The van der Waals surface area contributed by atoms with Crippen LogP contribution in [0.4, 0.5) is 0 Å². The molecule has 1 aromatic rings. The van der Waals surface area contributed by atoms with Gasteiger partial charge in [0, 0.05) is 24.4 Å². The van der Waals surface area contributed by atoms with E-state index < -0.39 is 11.2 Å². The van der Waals surface area contributed by atoms with Gasteiger partial charge in [0.15, 0.2) is 0 Å². The van der Waals surface area contributed by atoms with Crippen molar-refractivity contribution in [3.63, 3.8) is 0 Å². The first kappa shape index (κ1) is 15.5. The number of amides is 1. The van der Waals surface area contributed by atoms with E-state index in [9.17, 15) is 14.4 Å². The number of ether oxygens (including phenoxy) is 1. The van der Waals surface area contributed by atoms with Gasteiger partial charge in [0.25, 0.3) is 5.56 Å². The van der Waals surface area contributed by atoms with Crippen LogP contribution in [0.3, 0.4) is 0 Å². The van der Waals surface area contributed by atoms with Gasteiger partial charge in [0.05, 0.1) is 19.1 Å². The van der Waals surface area contributed by atoms with Crippen LogP contribution in [0.5, 0.6) is 0 Å². The van der Waals surface area contributed by atoms with Crippen molar-refractivity contribution in [1.29, 1.82) is 0 Å². The zero-order chi connectivity index (χ0) is 15.4. The van der Waals surface area contributed by atoms with E-state index in [-0.39, 0.29) is 18.4 Å². The van der Waals surface area contributed by atoms with Gasteiger partial charge in [0.1, 0.15) is 0 Å². The van der Waals surface area contributed by atoms with Gasteiger partial charge in [-0.05, 0) is 26.7 Å². The molecular formula is C14H21N3O4. The first-order chi connectivity index (χ1) is 10.0. The average molecular weight is 295 g/mol. The minimum atomic E-state index is -0.552. The highest BCUT2D eigenvalue weighted by atomic mass is 16.5. The first-order valence-electron chi connectivity index (χ1n) is 7.22. The van der Waals surface area contributed by atoms with Gasteiger partial charge < -0.3 is 14.6 Å². The third kappa shape index (κ3) is 3.60. The van der Waals surface area contributed by atoms with Crippen molar-refractivity contribution in [3.8, 4) is 0 Å². The maximum absolute atomic E-state index is 12.4. The minimum Gasteiger partial charge on any atom is -0.380 e. The molecule has 2 rings (SSSR count). The quantitative estimate of drug-likeness (QED) is 0.795. The minimum absolute atomic E-state index is 0.000567. The van der Waals surface area contributed by atoms with Gasteiger partial charge in [-0.25, -0.2) is 4.79 Å². The van der Waals surface area contributed by atoms with Crippen molar-refractivity contribution in [2.24, 2.45) is 0 Å². The molecule has 1 aromatic heterocycles. The molecule has 0 spiro atoms. The predicted octanol–water partition coefficient (Wildman–Crippen LogP) is -0.0584. The van der Waals surface area contributed by atoms with Crippen LogP contribution in [-0.4, -0.2) is 46.6 Å². The van der Waals surface area contributed by atoms with Gasteiger partial charge in [0.2, 0.25) is 5.91 Å². The van der Waals surface area contributed by atoms with E-state index >= 15 is 0 Å². The summed E-state index contributed by atoms with van der Waals surface area (Å²) in [5.41, 5.74) is -0.284. The molecule has 0 radical (unpaired) electrons. The number of rotatable bonds is 5. The lowest BCUT2D eigenvalue weighted by atomic mass is 10.1. The number of hydrogen-bond donors (Lipinski definition) is 2. The van der Waals surface area contributed by atoms with E-state index in [0.29, 0.717) is 31.0 Å². The summed E-state index contributed by atoms with van der Waals surface area (Å²) in [6.07, 6.45) is 1.87. The van der Waals surface area contributed by atoms with E-state index in [4.69, 9.17) is 4.74 Å². The van der Waals surface area contributed by atoms with Crippen LogP contribution in [0.2, 0.25) is 0 Å². The summed E-state index contributed by atoms with van der Waals surface area (Å²) in [6, 6.07) is 0.0830. The molecule has 0 saturated carbocycles. The Hall–Kier alpha value is -1.89. The Balaban J connectivity index is 2.11. The highest BCUT2D eigenvalue weighted by Gasteiger charge is 2.29. The number of carbonyl (C=O) groups is 1. The molecule has 7 heteroatoms. The summed E-state index contributed by atoms with van der Waals surface area (Å²) in [5.74, 6) is -0.0992. The summed E-state index contributed by atoms with van der Waals surface area (Å²) in [7, 11) is 0. The Morgan fingerprint density at radius 3 is 2.81 bits per heavy atom. The van der Waals surface area contributed by atoms with Crippen molar-refractivity contribution in [3.05, 3.63) is 32.1 Å². The molecule has 0 aromatic carbocycles. The van der Waals surface area contributed by atoms with Crippen LogP contribution < -0.4 is 11.2 Å². The summed E-state index contributed by atoms with van der Waals surface area (Å²) in [6.45, 7) is 5.39. The number of aromatic amines is 2. The average Bonchev–Trinajstić information content (AvgIpc) is 2.88. The molecule has 2 N–H and O–H groups in total. The Bertz CT molecular complexity index is 619. The van der Waals surface area contributed by atoms with E-state index in [2.05, 4.69) is 9.97 Å². The van der Waals surface area contributed by atoms with E-state index in [1.165, 1.54) is 0 Å². The van der Waals surface area contributed by atoms with Gasteiger partial charge in [-0.2, -0.15) is 0 Å². The Labute approximate surface area is 122 Å². The van der Waals surface area contributed by atoms with Gasteiger partial charge >= 0.3 is 5.69 Å². The molecule has 0 aliphatic carbocycles. The van der Waals surface area contributed by atoms with Gasteiger partial charge in [-0.1, -0.05) is 0 Å². The molecule has 21 heavy (non-hydrogen) atoms. The van der Waals surface area contributed by atoms with E-state index in [0.717, 1.165) is 12.8 Å². The van der Waals surface area contributed by atoms with Crippen LogP contribution in [0, 0.1) is 6.92 Å². The number of aryl methyl sites for hydroxylation is 1. The lowest BCUT2D eigenvalue weighted by Gasteiger charge is -2.24. The number of H-pyrrole nitrogens is 2. The molecule has 2 heterocycles. The molecule has 1 amide bonds. The molecule has 1 aliphatic heterocycles. The van der Waals surface area contributed by atoms with E-state index in [1.807, 2.05) is 6.92 Å². The van der Waals surface area contributed by atoms with Crippen molar-refractivity contribution in [2.45, 2.75) is 39.2 Å². The number of aromatic nitrogens is 2. The second kappa shape index (κ2) is 6.71. The second-order valence-corrected chi connectivity index (χ2v) is 5.23. The van der Waals surface area contributed by atoms with Gasteiger partial charge in [-0.3, -0.25) is 14.6 Å². The van der Waals surface area contributed by atoms with Crippen LogP contribution in [-0.2, 0) is 16.0 Å². The number of carbonyl (C=O) groups excluding carboxylic acids is 1. The molecule has 1 fully saturated rings. The third-order valence-electron chi connectivity index (χ3n) is 3.79. The van der Waals surface area contributed by atoms with Crippen molar-refractivity contribution < 1.29 is 9.53 Å². The number of likely N-dealkylation sites (tertiary alicyclic amines) is 1. The molecular weight excluding hydrogens is 274 g/mol. The lowest BCUT2D eigenvalue weighted by Crippen LogP contribution is -2.40. The second-order valence-electron chi connectivity index (χ2n) is 5.23. The normalized spacial score (nSPS) is 18.2. The SMILES string of the molecule is CCOCC1CCCN1C(=O)Cc1c(C)[nH]c(=O)[nH]c1=O. The summed E-state index contributed by atoms with van der Waals surface area (Å²) >= 11 is 0. The number of nitrogens with one attached hydrogen (secondary N) is 2. The van der Waals surface area contributed by atoms with Crippen LogP contribution in [0.25, 0.3) is 0 Å². The zero-order valence-electron chi connectivity index (χ0n) is 12.4. The standard InChI is InChI=1S/C14H21N3O4/c1-3-21-8-10-5-4-6-17(10)12(18)7-11-9(2)15-14(20)16-13(11)19/h10H,3-8H2,1-2H3,(H2,15,16,19,20). The lowest BCUT2D eigenvalue weighted by molar-refractivity contribution is -0.132. The topological polar surface area (TPSA) is 95.3 Å². The predicted molar refractivity (Wildman–Crippen MR) is 77.4 cm³/mol. The third-order valence-corrected chi connectivity index (χ3v) is 3.79. The van der Waals surface area contributed by atoms with Gasteiger partial charge in [-0.15, -0.1) is 0 Å². The largest absolute Gasteiger partial charge is 0.380 e. The number of hydrogen-bond acceptors (Lipinski definition) is 4. The summed E-state index contributed by atoms with van der Waals surface area (Å²) in [4.78, 5) is 41.8. The van der Waals surface area contributed by atoms with Crippen LogP contribution in [0.1, 0.15) is 31.0 Å². The monoisotopic (exact) mass is 295 g/mol. The van der Waals surface area contributed by atoms with Crippen molar-refractivity contribution >= 4 is 5.91 Å². The molecule has 1 aliphatic rings. The Morgan fingerprint density at radius 2 is 2.14 bits per heavy atom.